The molecule has 0 saturated carbocycles. The normalized spacial score (nSPS) is 18.9. The SMILES string of the molecule is CCC(CC)(C(O)C1=CCCO1)N(C)C. The van der Waals surface area contributed by atoms with Crippen molar-refractivity contribution >= 4 is 0 Å². The molecule has 0 aromatic carbocycles. The lowest BCUT2D eigenvalue weighted by atomic mass is 9.84. The van der Waals surface area contributed by atoms with Gasteiger partial charge in [0.1, 0.15) is 11.9 Å². The Balaban J connectivity index is 2.87. The number of aliphatic hydroxyl groups excluding tert-OH is 1. The first kappa shape index (κ1) is 12.5. The van der Waals surface area contributed by atoms with Crippen molar-refractivity contribution in [3.05, 3.63) is 11.8 Å². The Bertz CT molecular complexity index is 232. The predicted octanol–water partition coefficient (Wildman–Crippen LogP) is 1.77. The lowest BCUT2D eigenvalue weighted by Crippen LogP contribution is -2.53. The average molecular weight is 213 g/mol. The molecule has 0 saturated heterocycles. The van der Waals surface area contributed by atoms with Crippen molar-refractivity contribution in [1.29, 1.82) is 0 Å². The molecule has 1 heterocycles. The van der Waals surface area contributed by atoms with E-state index in [0.717, 1.165) is 25.0 Å². The topological polar surface area (TPSA) is 32.7 Å². The first-order chi connectivity index (χ1) is 7.08. The van der Waals surface area contributed by atoms with E-state index in [2.05, 4.69) is 18.7 Å². The molecule has 1 N–H and O–H groups in total. The van der Waals surface area contributed by atoms with E-state index in [1.165, 1.54) is 0 Å². The third kappa shape index (κ3) is 2.18. The Morgan fingerprint density at radius 3 is 2.40 bits per heavy atom. The molecule has 0 spiro atoms. The van der Waals surface area contributed by atoms with Crippen LogP contribution in [0.2, 0.25) is 0 Å². The van der Waals surface area contributed by atoms with Crippen LogP contribution in [0.15, 0.2) is 11.8 Å². The van der Waals surface area contributed by atoms with Gasteiger partial charge in [-0.3, -0.25) is 0 Å². The monoisotopic (exact) mass is 213 g/mol. The molecule has 3 heteroatoms. The maximum atomic E-state index is 10.4. The van der Waals surface area contributed by atoms with E-state index in [4.69, 9.17) is 4.74 Å². The minimum absolute atomic E-state index is 0.198. The second kappa shape index (κ2) is 4.99. The van der Waals surface area contributed by atoms with Crippen molar-refractivity contribution in [3.8, 4) is 0 Å². The average Bonchev–Trinajstić information content (AvgIpc) is 2.72. The van der Waals surface area contributed by atoms with E-state index in [0.29, 0.717) is 6.61 Å². The standard InChI is InChI=1S/C12H23NO2/c1-5-12(6-2,13(3)4)11(14)10-8-7-9-15-10/h8,11,14H,5-7,9H2,1-4H3. The summed E-state index contributed by atoms with van der Waals surface area (Å²) < 4.78 is 5.46. The van der Waals surface area contributed by atoms with Crippen LogP contribution < -0.4 is 0 Å². The summed E-state index contributed by atoms with van der Waals surface area (Å²) >= 11 is 0. The molecular weight excluding hydrogens is 190 g/mol. The molecule has 0 aromatic heterocycles. The van der Waals surface area contributed by atoms with Crippen LogP contribution in [0.4, 0.5) is 0 Å². The molecule has 1 aliphatic heterocycles. The lowest BCUT2D eigenvalue weighted by molar-refractivity contribution is -0.0201. The van der Waals surface area contributed by atoms with Crippen LogP contribution >= 0.6 is 0 Å². The van der Waals surface area contributed by atoms with Crippen molar-refractivity contribution in [2.45, 2.75) is 44.8 Å². The van der Waals surface area contributed by atoms with Gasteiger partial charge in [-0.05, 0) is 33.0 Å². The zero-order valence-corrected chi connectivity index (χ0v) is 10.3. The van der Waals surface area contributed by atoms with Gasteiger partial charge in [0.15, 0.2) is 0 Å². The predicted molar refractivity (Wildman–Crippen MR) is 61.7 cm³/mol. The van der Waals surface area contributed by atoms with Crippen LogP contribution in [0.1, 0.15) is 33.1 Å². The fourth-order valence-electron chi connectivity index (χ4n) is 2.41. The number of nitrogens with zero attached hydrogens (tertiary/aromatic N) is 1. The van der Waals surface area contributed by atoms with Gasteiger partial charge in [-0.25, -0.2) is 0 Å². The molecule has 0 radical (unpaired) electrons. The van der Waals surface area contributed by atoms with Gasteiger partial charge < -0.3 is 14.7 Å². The molecule has 0 aromatic rings. The fraction of sp³-hybridized carbons (Fsp3) is 0.833. The van der Waals surface area contributed by atoms with Crippen LogP contribution in [0.5, 0.6) is 0 Å². The number of rotatable bonds is 5. The third-order valence-corrected chi connectivity index (χ3v) is 3.63. The second-order valence-electron chi connectivity index (χ2n) is 4.35. The lowest BCUT2D eigenvalue weighted by Gasteiger charge is -2.42. The summed E-state index contributed by atoms with van der Waals surface area (Å²) in [6, 6.07) is 0. The Kier molecular flexibility index (Phi) is 4.17. The number of aliphatic hydroxyl groups is 1. The number of ether oxygens (including phenoxy) is 1. The Labute approximate surface area is 92.7 Å². The minimum Gasteiger partial charge on any atom is -0.495 e. The highest BCUT2D eigenvalue weighted by Gasteiger charge is 2.40. The van der Waals surface area contributed by atoms with E-state index in [1.807, 2.05) is 20.2 Å². The highest BCUT2D eigenvalue weighted by Crippen LogP contribution is 2.31. The molecule has 1 atom stereocenters. The maximum absolute atomic E-state index is 10.4. The summed E-state index contributed by atoms with van der Waals surface area (Å²) in [5, 5.41) is 10.4. The van der Waals surface area contributed by atoms with E-state index in [1.54, 1.807) is 0 Å². The van der Waals surface area contributed by atoms with Crippen LogP contribution in [-0.2, 0) is 4.74 Å². The maximum Gasteiger partial charge on any atom is 0.129 e. The van der Waals surface area contributed by atoms with Crippen molar-refractivity contribution < 1.29 is 9.84 Å². The molecule has 15 heavy (non-hydrogen) atoms. The van der Waals surface area contributed by atoms with Crippen LogP contribution in [0, 0.1) is 0 Å². The molecule has 0 fully saturated rings. The molecule has 88 valence electrons. The summed E-state index contributed by atoms with van der Waals surface area (Å²) in [4.78, 5) is 2.11. The zero-order valence-electron chi connectivity index (χ0n) is 10.3. The van der Waals surface area contributed by atoms with E-state index < -0.39 is 6.10 Å². The quantitative estimate of drug-likeness (QED) is 0.755. The zero-order chi connectivity index (χ0) is 11.5. The molecule has 1 unspecified atom stereocenters. The molecule has 1 aliphatic rings. The Hall–Kier alpha value is -0.540. The van der Waals surface area contributed by atoms with Gasteiger partial charge in [-0.15, -0.1) is 0 Å². The number of likely N-dealkylation sites (N-methyl/N-ethyl adjacent to an activating group) is 1. The van der Waals surface area contributed by atoms with E-state index >= 15 is 0 Å². The molecule has 0 amide bonds. The first-order valence-corrected chi connectivity index (χ1v) is 5.76. The largest absolute Gasteiger partial charge is 0.495 e. The summed E-state index contributed by atoms with van der Waals surface area (Å²) in [6.45, 7) is 4.94. The second-order valence-corrected chi connectivity index (χ2v) is 4.35. The summed E-state index contributed by atoms with van der Waals surface area (Å²) in [7, 11) is 4.04. The summed E-state index contributed by atoms with van der Waals surface area (Å²) in [6.07, 6.45) is 4.25. The summed E-state index contributed by atoms with van der Waals surface area (Å²) in [5.41, 5.74) is -0.198. The van der Waals surface area contributed by atoms with Gasteiger partial charge in [0.25, 0.3) is 0 Å². The van der Waals surface area contributed by atoms with Crippen molar-refractivity contribution in [1.82, 2.24) is 4.90 Å². The molecule has 0 aliphatic carbocycles. The molecular formula is C12H23NO2. The van der Waals surface area contributed by atoms with Gasteiger partial charge in [0, 0.05) is 6.42 Å². The van der Waals surface area contributed by atoms with E-state index in [-0.39, 0.29) is 5.54 Å². The van der Waals surface area contributed by atoms with Crippen LogP contribution in [-0.4, -0.2) is 42.4 Å². The van der Waals surface area contributed by atoms with Crippen molar-refractivity contribution in [3.63, 3.8) is 0 Å². The first-order valence-electron chi connectivity index (χ1n) is 5.76. The smallest absolute Gasteiger partial charge is 0.129 e. The van der Waals surface area contributed by atoms with Crippen LogP contribution in [0.3, 0.4) is 0 Å². The fourth-order valence-corrected chi connectivity index (χ4v) is 2.41. The van der Waals surface area contributed by atoms with Gasteiger partial charge in [0.05, 0.1) is 12.1 Å². The van der Waals surface area contributed by atoms with Gasteiger partial charge >= 0.3 is 0 Å². The van der Waals surface area contributed by atoms with Crippen molar-refractivity contribution in [2.75, 3.05) is 20.7 Å². The van der Waals surface area contributed by atoms with Gasteiger partial charge in [-0.1, -0.05) is 13.8 Å². The Morgan fingerprint density at radius 1 is 1.47 bits per heavy atom. The van der Waals surface area contributed by atoms with Gasteiger partial charge in [0.2, 0.25) is 0 Å². The summed E-state index contributed by atoms with van der Waals surface area (Å²) in [5.74, 6) is 0.757. The Morgan fingerprint density at radius 2 is 2.07 bits per heavy atom. The molecule has 0 bridgehead atoms. The minimum atomic E-state index is -0.509. The highest BCUT2D eigenvalue weighted by molar-refractivity contribution is 5.13. The van der Waals surface area contributed by atoms with E-state index in [9.17, 15) is 5.11 Å². The highest BCUT2D eigenvalue weighted by atomic mass is 16.5. The number of hydrogen-bond acceptors (Lipinski definition) is 3. The number of hydrogen-bond donors (Lipinski definition) is 1. The molecule has 3 nitrogen and oxygen atoms in total. The van der Waals surface area contributed by atoms with Crippen molar-refractivity contribution in [2.24, 2.45) is 0 Å². The van der Waals surface area contributed by atoms with Gasteiger partial charge in [-0.2, -0.15) is 0 Å². The molecule has 1 rings (SSSR count). The van der Waals surface area contributed by atoms with Crippen LogP contribution in [0.25, 0.3) is 0 Å². The third-order valence-electron chi connectivity index (χ3n) is 3.63.